The second kappa shape index (κ2) is 22.6. The van der Waals surface area contributed by atoms with E-state index in [1.54, 1.807) is 26.0 Å². The van der Waals surface area contributed by atoms with Gasteiger partial charge in [-0.1, -0.05) is 54.5 Å². The Kier molecular flexibility index (Phi) is 21.1. The molecule has 9 heteroatoms. The van der Waals surface area contributed by atoms with Gasteiger partial charge in [-0.3, -0.25) is 19.2 Å². The third-order valence-corrected chi connectivity index (χ3v) is 7.16. The zero-order valence-electron chi connectivity index (χ0n) is 26.2. The van der Waals surface area contributed by atoms with Crippen molar-refractivity contribution >= 4 is 35.1 Å². The van der Waals surface area contributed by atoms with Crippen LogP contribution in [0.15, 0.2) is 48.5 Å². The second-order valence-corrected chi connectivity index (χ2v) is 9.85. The Morgan fingerprint density at radius 2 is 1.43 bits per heavy atom. The molecule has 2 aromatic carbocycles. The van der Waals surface area contributed by atoms with Gasteiger partial charge in [0.1, 0.15) is 11.3 Å². The molecule has 0 N–H and O–H groups in total. The molecule has 0 aromatic heterocycles. The number of terminal acetylenes is 2. The fourth-order valence-electron chi connectivity index (χ4n) is 5.05. The summed E-state index contributed by atoms with van der Waals surface area (Å²) in [5.74, 6) is 3.24. The summed E-state index contributed by atoms with van der Waals surface area (Å²) in [6, 6.07) is 15.0. The van der Waals surface area contributed by atoms with Crippen LogP contribution in [0, 0.1) is 36.0 Å². The molecule has 230 valence electrons. The maximum Gasteiger partial charge on any atom is 1.00 e. The van der Waals surface area contributed by atoms with Gasteiger partial charge in [0, 0.05) is 17.5 Å². The van der Waals surface area contributed by atoms with Gasteiger partial charge in [-0.2, -0.15) is 7.11 Å². The summed E-state index contributed by atoms with van der Waals surface area (Å²) in [6.07, 6.45) is 14.4. The fraction of sp³-hybridized carbons (Fsp3) is 0.429. The number of carbonyl (C=O) groups is 4. The molecule has 0 amide bonds. The number of hydrogen-bond donors (Lipinski definition) is 0. The molecule has 0 saturated carbocycles. The number of aryl methyl sites for hydroxylation is 2. The van der Waals surface area contributed by atoms with Crippen LogP contribution in [-0.4, -0.2) is 49.7 Å². The summed E-state index contributed by atoms with van der Waals surface area (Å²) < 4.78 is 10.1. The van der Waals surface area contributed by atoms with Gasteiger partial charge in [0.15, 0.2) is 11.6 Å². The molecule has 0 fully saturated rings. The van der Waals surface area contributed by atoms with Crippen LogP contribution in [0.2, 0.25) is 0 Å². The van der Waals surface area contributed by atoms with Gasteiger partial charge in [-0.15, -0.1) is 30.4 Å². The van der Waals surface area contributed by atoms with E-state index < -0.39 is 17.3 Å². The predicted octanol–water partition coefficient (Wildman–Crippen LogP) is 2.00. The average molecular weight is 631 g/mol. The van der Waals surface area contributed by atoms with Crippen molar-refractivity contribution in [3.05, 3.63) is 70.8 Å². The van der Waals surface area contributed by atoms with Crippen LogP contribution in [0.1, 0.15) is 77.8 Å². The quantitative estimate of drug-likeness (QED) is 0.124. The van der Waals surface area contributed by atoms with Crippen molar-refractivity contribution in [1.29, 1.82) is 0 Å². The first kappa shape index (κ1) is 41.1. The zero-order chi connectivity index (χ0) is 32.3. The minimum absolute atomic E-state index is 0. The van der Waals surface area contributed by atoms with E-state index in [0.29, 0.717) is 36.5 Å². The molecule has 4 rings (SSSR count). The van der Waals surface area contributed by atoms with Crippen LogP contribution >= 0.6 is 11.6 Å². The third kappa shape index (κ3) is 11.2. The molecule has 44 heavy (non-hydrogen) atoms. The first-order chi connectivity index (χ1) is 20.8. The monoisotopic (exact) mass is 630 g/mol. The Morgan fingerprint density at radius 3 is 1.98 bits per heavy atom. The normalized spacial score (nSPS) is 17.8. The maximum atomic E-state index is 12.9. The summed E-state index contributed by atoms with van der Waals surface area (Å²) >= 11 is 4.95. The summed E-state index contributed by atoms with van der Waals surface area (Å²) in [4.78, 5) is 49.2. The first-order valence-electron chi connectivity index (χ1n) is 14.2. The molecule has 2 aromatic rings. The summed E-state index contributed by atoms with van der Waals surface area (Å²) in [5.41, 5.74) is 2.11. The Bertz CT molecular complexity index is 1310. The van der Waals surface area contributed by atoms with Crippen molar-refractivity contribution < 1.29 is 63.3 Å². The molecule has 2 aliphatic carbocycles. The van der Waals surface area contributed by atoms with E-state index in [-0.39, 0.29) is 60.1 Å². The van der Waals surface area contributed by atoms with Crippen LogP contribution < -0.4 is 34.7 Å². The van der Waals surface area contributed by atoms with Gasteiger partial charge in [0.25, 0.3) is 0 Å². The van der Waals surface area contributed by atoms with E-state index in [0.717, 1.165) is 43.9 Å². The fourth-order valence-corrected chi connectivity index (χ4v) is 5.05. The Labute approximate surface area is 288 Å². The molecule has 0 heterocycles. The second-order valence-electron chi connectivity index (χ2n) is 9.58. The van der Waals surface area contributed by atoms with E-state index in [9.17, 15) is 19.2 Å². The molecule has 2 aliphatic rings. The Balaban J connectivity index is 0.000000705. The topological polar surface area (TPSA) is 110 Å². The predicted molar refractivity (Wildman–Crippen MR) is 166 cm³/mol. The summed E-state index contributed by atoms with van der Waals surface area (Å²) in [6.45, 7) is 4.06. The van der Waals surface area contributed by atoms with E-state index in [1.165, 1.54) is 0 Å². The molecule has 0 radical (unpaired) electrons. The van der Waals surface area contributed by atoms with E-state index in [2.05, 4.69) is 18.3 Å². The van der Waals surface area contributed by atoms with Gasteiger partial charge in [-0.05, 0) is 63.5 Å². The number of ether oxygens (including phenoxy) is 2. The Morgan fingerprint density at radius 1 is 0.909 bits per heavy atom. The van der Waals surface area contributed by atoms with E-state index in [1.807, 2.05) is 36.4 Å². The van der Waals surface area contributed by atoms with Crippen LogP contribution in [0.5, 0.6) is 0 Å². The van der Waals surface area contributed by atoms with E-state index in [4.69, 9.17) is 32.6 Å². The minimum atomic E-state index is -1.21. The van der Waals surface area contributed by atoms with Crippen molar-refractivity contribution in [3.63, 3.8) is 0 Å². The third-order valence-electron chi connectivity index (χ3n) is 7.00. The number of rotatable bonds is 5. The molecular formula is C35H40ClNaO7. The van der Waals surface area contributed by atoms with Gasteiger partial charge in [0.05, 0.1) is 19.1 Å². The molecule has 0 saturated heterocycles. The van der Waals surface area contributed by atoms with Crippen LogP contribution in [-0.2, 0) is 31.9 Å². The maximum absolute atomic E-state index is 12.9. The molecule has 0 unspecified atom stereocenters. The van der Waals surface area contributed by atoms with Gasteiger partial charge < -0.3 is 14.6 Å². The standard InChI is InChI=1S/C17H18O3.C14H16O3.C3H3Cl.CH3O.Na/c1-3-11-17(16(19)20-4-2)12-7-9-13-8-5-6-10-14(13)15(17)18;1-2-17-14(16)12-9-5-7-10-6-3-4-8-11(10)13(12)15;1-2-3-4;1-2;/h1,5-6,8,10H,4,7,9,11-12H2,2H3;3-4,6,8,12H,2,5,7,9H2,1H3;1H,3H2;1H3;/q;;;-1;+1/t17-;12-;;;/m00.../s1. The molecule has 0 aliphatic heterocycles. The van der Waals surface area contributed by atoms with Crippen LogP contribution in [0.4, 0.5) is 0 Å². The number of esters is 2. The van der Waals surface area contributed by atoms with Crippen molar-refractivity contribution in [1.82, 2.24) is 0 Å². The van der Waals surface area contributed by atoms with Gasteiger partial charge in [-0.25, -0.2) is 0 Å². The van der Waals surface area contributed by atoms with E-state index >= 15 is 0 Å². The average Bonchev–Trinajstić information content (AvgIpc) is 3.29. The molecular weight excluding hydrogens is 591 g/mol. The van der Waals surface area contributed by atoms with Gasteiger partial charge >= 0.3 is 41.5 Å². The SMILES string of the molecule is C#CCCl.C#CC[C@]1(C(=O)OCC)CCCc2ccccc2C1=O.CCOC(=O)[C@H]1CCCc2ccccc2C1=O.C[O-].[Na+]. The molecule has 0 bridgehead atoms. The molecule has 2 atom stereocenters. The first-order valence-corrected chi connectivity index (χ1v) is 14.8. The Hall–Kier alpha value is -2.91. The summed E-state index contributed by atoms with van der Waals surface area (Å²) in [5, 5.41) is 8.25. The zero-order valence-corrected chi connectivity index (χ0v) is 28.9. The molecule has 7 nitrogen and oxygen atoms in total. The number of hydrogen-bond acceptors (Lipinski definition) is 7. The number of ketones is 2. The van der Waals surface area contributed by atoms with Crippen LogP contribution in [0.25, 0.3) is 0 Å². The van der Waals surface area contributed by atoms with Crippen molar-refractivity contribution in [2.75, 3.05) is 26.2 Å². The minimum Gasteiger partial charge on any atom is -0.857 e. The number of fused-ring (bicyclic) bond motifs is 2. The number of alkyl halides is 1. The largest absolute Gasteiger partial charge is 1.00 e. The van der Waals surface area contributed by atoms with Crippen molar-refractivity contribution in [3.8, 4) is 24.7 Å². The number of benzene rings is 2. The van der Waals surface area contributed by atoms with Crippen molar-refractivity contribution in [2.24, 2.45) is 11.3 Å². The van der Waals surface area contributed by atoms with Gasteiger partial charge in [0.2, 0.25) is 0 Å². The number of carbonyl (C=O) groups excluding carboxylic acids is 4. The summed E-state index contributed by atoms with van der Waals surface area (Å²) in [7, 11) is 0.750. The number of halogens is 1. The smallest absolute Gasteiger partial charge is 0.857 e. The van der Waals surface area contributed by atoms with Crippen molar-refractivity contribution in [2.45, 2.75) is 58.8 Å². The van der Waals surface area contributed by atoms with Crippen LogP contribution in [0.3, 0.4) is 0 Å². The number of Topliss-reactive ketones (excluding diaryl/α,β-unsaturated/α-hetero) is 2. The molecule has 0 spiro atoms.